The van der Waals surface area contributed by atoms with E-state index in [0.717, 1.165) is 11.1 Å². The predicted octanol–water partition coefficient (Wildman–Crippen LogP) is 4.21. The van der Waals surface area contributed by atoms with Gasteiger partial charge in [0.25, 0.3) is 0 Å². The van der Waals surface area contributed by atoms with Crippen LogP contribution in [-0.2, 0) is 22.6 Å². The number of halogens is 2. The molecule has 1 unspecified atom stereocenters. The zero-order chi connectivity index (χ0) is 21.7. The highest BCUT2D eigenvalue weighted by molar-refractivity contribution is 6.42. The molecule has 3 rings (SSSR count). The summed E-state index contributed by atoms with van der Waals surface area (Å²) in [6, 6.07) is 10.2. The van der Waals surface area contributed by atoms with Crippen LogP contribution in [0.3, 0.4) is 0 Å². The summed E-state index contributed by atoms with van der Waals surface area (Å²) in [4.78, 5) is 27.1. The van der Waals surface area contributed by atoms with Crippen molar-refractivity contribution >= 4 is 35.0 Å². The largest absolute Gasteiger partial charge is 0.454 e. The molecule has 1 aliphatic rings. The molecular weight excluding hydrogens is 427 g/mol. The lowest BCUT2D eigenvalue weighted by Gasteiger charge is -2.29. The van der Waals surface area contributed by atoms with Gasteiger partial charge in [0, 0.05) is 19.5 Å². The van der Waals surface area contributed by atoms with Crippen molar-refractivity contribution in [2.45, 2.75) is 39.3 Å². The standard InChI is InChI=1S/C22H24Cl2N2O4/c1-3-25-22(28)14(2)26(12-16-4-7-17(23)18(24)10-16)21(27)9-6-15-5-8-19-20(11-15)30-13-29-19/h4-5,7-8,10-11,14H,3,6,9,12-13H2,1-2H3,(H,25,28). The van der Waals surface area contributed by atoms with Crippen molar-refractivity contribution in [2.24, 2.45) is 0 Å². The minimum Gasteiger partial charge on any atom is -0.454 e. The maximum atomic E-state index is 13.1. The Kier molecular flexibility index (Phi) is 7.45. The third-order valence-electron chi connectivity index (χ3n) is 4.92. The number of likely N-dealkylation sites (N-methyl/N-ethyl adjacent to an activating group) is 1. The van der Waals surface area contributed by atoms with Gasteiger partial charge in [-0.05, 0) is 55.7 Å². The third kappa shape index (κ3) is 5.37. The van der Waals surface area contributed by atoms with E-state index >= 15 is 0 Å². The Bertz CT molecular complexity index is 935. The number of ether oxygens (including phenoxy) is 2. The van der Waals surface area contributed by atoms with Gasteiger partial charge in [0.05, 0.1) is 10.0 Å². The maximum Gasteiger partial charge on any atom is 0.242 e. The molecule has 2 aromatic carbocycles. The van der Waals surface area contributed by atoms with Crippen LogP contribution in [0.2, 0.25) is 10.0 Å². The van der Waals surface area contributed by atoms with Gasteiger partial charge in [0.1, 0.15) is 6.04 Å². The van der Waals surface area contributed by atoms with Crippen LogP contribution in [0.25, 0.3) is 0 Å². The maximum absolute atomic E-state index is 13.1. The number of carbonyl (C=O) groups excluding carboxylic acids is 2. The number of nitrogens with one attached hydrogen (secondary N) is 1. The summed E-state index contributed by atoms with van der Waals surface area (Å²) in [5.41, 5.74) is 1.77. The summed E-state index contributed by atoms with van der Waals surface area (Å²) in [6.07, 6.45) is 0.778. The highest BCUT2D eigenvalue weighted by Crippen LogP contribution is 2.33. The molecule has 0 fully saturated rings. The van der Waals surface area contributed by atoms with Crippen LogP contribution in [0.5, 0.6) is 11.5 Å². The highest BCUT2D eigenvalue weighted by Gasteiger charge is 2.26. The van der Waals surface area contributed by atoms with Crippen molar-refractivity contribution in [3.63, 3.8) is 0 Å². The van der Waals surface area contributed by atoms with Crippen LogP contribution in [-0.4, -0.2) is 36.1 Å². The van der Waals surface area contributed by atoms with E-state index < -0.39 is 6.04 Å². The summed E-state index contributed by atoms with van der Waals surface area (Å²) in [6.45, 7) is 4.53. The number of hydrogen-bond donors (Lipinski definition) is 1. The molecule has 30 heavy (non-hydrogen) atoms. The van der Waals surface area contributed by atoms with Gasteiger partial charge < -0.3 is 19.7 Å². The molecule has 160 valence electrons. The zero-order valence-electron chi connectivity index (χ0n) is 16.9. The van der Waals surface area contributed by atoms with Crippen molar-refractivity contribution in [3.8, 4) is 11.5 Å². The molecule has 0 aromatic heterocycles. The van der Waals surface area contributed by atoms with Crippen molar-refractivity contribution < 1.29 is 19.1 Å². The van der Waals surface area contributed by atoms with E-state index in [4.69, 9.17) is 32.7 Å². The highest BCUT2D eigenvalue weighted by atomic mass is 35.5. The van der Waals surface area contributed by atoms with Crippen LogP contribution in [0, 0.1) is 0 Å². The van der Waals surface area contributed by atoms with Crippen LogP contribution < -0.4 is 14.8 Å². The van der Waals surface area contributed by atoms with E-state index in [1.54, 1.807) is 30.0 Å². The van der Waals surface area contributed by atoms with Crippen LogP contribution in [0.1, 0.15) is 31.4 Å². The molecular formula is C22H24Cl2N2O4. The number of carbonyl (C=O) groups is 2. The first kappa shape index (κ1) is 22.2. The van der Waals surface area contributed by atoms with E-state index in [1.807, 2.05) is 25.1 Å². The average molecular weight is 451 g/mol. The Morgan fingerprint density at radius 2 is 1.80 bits per heavy atom. The van der Waals surface area contributed by atoms with E-state index in [0.29, 0.717) is 34.5 Å². The molecule has 1 atom stereocenters. The minimum atomic E-state index is -0.622. The molecule has 0 saturated carbocycles. The lowest BCUT2D eigenvalue weighted by Crippen LogP contribution is -2.47. The first-order valence-electron chi connectivity index (χ1n) is 9.78. The van der Waals surface area contributed by atoms with Crippen molar-refractivity contribution in [1.82, 2.24) is 10.2 Å². The van der Waals surface area contributed by atoms with Crippen LogP contribution in [0.15, 0.2) is 36.4 Å². The number of aryl methyl sites for hydroxylation is 1. The molecule has 0 saturated heterocycles. The average Bonchev–Trinajstić information content (AvgIpc) is 3.20. The zero-order valence-corrected chi connectivity index (χ0v) is 18.4. The van der Waals surface area contributed by atoms with Crippen molar-refractivity contribution in [1.29, 1.82) is 0 Å². The second kappa shape index (κ2) is 10.0. The van der Waals surface area contributed by atoms with Crippen LogP contribution in [0.4, 0.5) is 0 Å². The van der Waals surface area contributed by atoms with E-state index in [-0.39, 0.29) is 31.6 Å². The Morgan fingerprint density at radius 1 is 1.07 bits per heavy atom. The molecule has 0 radical (unpaired) electrons. The van der Waals surface area contributed by atoms with Gasteiger partial charge in [-0.1, -0.05) is 35.3 Å². The summed E-state index contributed by atoms with van der Waals surface area (Å²) >= 11 is 12.1. The molecule has 0 spiro atoms. The summed E-state index contributed by atoms with van der Waals surface area (Å²) in [5.74, 6) is 1.06. The SMILES string of the molecule is CCNC(=O)C(C)N(Cc1ccc(Cl)c(Cl)c1)C(=O)CCc1ccc2c(c1)OCO2. The molecule has 1 heterocycles. The second-order valence-electron chi connectivity index (χ2n) is 7.03. The number of rotatable bonds is 8. The normalized spacial score (nSPS) is 13.1. The molecule has 2 aromatic rings. The van der Waals surface area contributed by atoms with Crippen molar-refractivity contribution in [2.75, 3.05) is 13.3 Å². The lowest BCUT2D eigenvalue weighted by atomic mass is 10.1. The predicted molar refractivity (Wildman–Crippen MR) is 116 cm³/mol. The number of nitrogens with zero attached hydrogens (tertiary/aromatic N) is 1. The van der Waals surface area contributed by atoms with E-state index in [9.17, 15) is 9.59 Å². The molecule has 8 heteroatoms. The first-order chi connectivity index (χ1) is 14.4. The smallest absolute Gasteiger partial charge is 0.242 e. The third-order valence-corrected chi connectivity index (χ3v) is 5.66. The molecule has 0 aliphatic carbocycles. The fraction of sp³-hybridized carbons (Fsp3) is 0.364. The van der Waals surface area contributed by atoms with Gasteiger partial charge >= 0.3 is 0 Å². The monoisotopic (exact) mass is 450 g/mol. The van der Waals surface area contributed by atoms with Crippen LogP contribution >= 0.6 is 23.2 Å². The number of hydrogen-bond acceptors (Lipinski definition) is 4. The summed E-state index contributed by atoms with van der Waals surface area (Å²) in [5, 5.41) is 3.63. The van der Waals surface area contributed by atoms with Gasteiger partial charge in [-0.3, -0.25) is 9.59 Å². The van der Waals surface area contributed by atoms with E-state index in [2.05, 4.69) is 5.32 Å². The first-order valence-corrected chi connectivity index (χ1v) is 10.5. The number of benzene rings is 2. The number of fused-ring (bicyclic) bond motifs is 1. The topological polar surface area (TPSA) is 67.9 Å². The Morgan fingerprint density at radius 3 is 2.53 bits per heavy atom. The van der Waals surface area contributed by atoms with Gasteiger partial charge in [-0.2, -0.15) is 0 Å². The molecule has 6 nitrogen and oxygen atoms in total. The van der Waals surface area contributed by atoms with Gasteiger partial charge in [-0.25, -0.2) is 0 Å². The van der Waals surface area contributed by atoms with Crippen molar-refractivity contribution in [3.05, 3.63) is 57.6 Å². The van der Waals surface area contributed by atoms with Gasteiger partial charge in [0.2, 0.25) is 18.6 Å². The Labute approximate surface area is 186 Å². The quantitative estimate of drug-likeness (QED) is 0.653. The molecule has 2 amide bonds. The van der Waals surface area contributed by atoms with E-state index in [1.165, 1.54) is 0 Å². The second-order valence-corrected chi connectivity index (χ2v) is 7.84. The van der Waals surface area contributed by atoms with Gasteiger partial charge in [-0.15, -0.1) is 0 Å². The molecule has 0 bridgehead atoms. The Balaban J connectivity index is 1.73. The fourth-order valence-corrected chi connectivity index (χ4v) is 3.55. The number of amides is 2. The van der Waals surface area contributed by atoms with Gasteiger partial charge in [0.15, 0.2) is 11.5 Å². The summed E-state index contributed by atoms with van der Waals surface area (Å²) < 4.78 is 10.7. The summed E-state index contributed by atoms with van der Waals surface area (Å²) in [7, 11) is 0. The molecule has 1 aliphatic heterocycles. The Hall–Kier alpha value is -2.44. The lowest BCUT2D eigenvalue weighted by molar-refractivity contribution is -0.140. The fourth-order valence-electron chi connectivity index (χ4n) is 3.23. The minimum absolute atomic E-state index is 0.127. The molecule has 1 N–H and O–H groups in total.